The molecule has 0 aromatic heterocycles. The van der Waals surface area contributed by atoms with Crippen LogP contribution < -0.4 is 0 Å². The van der Waals surface area contributed by atoms with E-state index < -0.39 is 0 Å². The summed E-state index contributed by atoms with van der Waals surface area (Å²) in [4.78, 5) is 2.63. The van der Waals surface area contributed by atoms with Gasteiger partial charge in [-0.05, 0) is 46.6 Å². The van der Waals surface area contributed by atoms with Gasteiger partial charge in [-0.3, -0.25) is 4.90 Å². The van der Waals surface area contributed by atoms with Gasteiger partial charge in [0.1, 0.15) is 0 Å². The highest BCUT2D eigenvalue weighted by Gasteiger charge is 2.46. The number of hydrogen-bond donors (Lipinski definition) is 0. The lowest BCUT2D eigenvalue weighted by molar-refractivity contribution is 0.00329. The molecule has 2 nitrogen and oxygen atoms in total. The lowest BCUT2D eigenvalue weighted by atomic mass is 9.93. The summed E-state index contributed by atoms with van der Waals surface area (Å²) in [5, 5.41) is 0. The fourth-order valence-corrected chi connectivity index (χ4v) is 2.89. The van der Waals surface area contributed by atoms with Crippen molar-refractivity contribution in [2.45, 2.75) is 51.7 Å². The van der Waals surface area contributed by atoms with E-state index in [-0.39, 0.29) is 0 Å². The summed E-state index contributed by atoms with van der Waals surface area (Å²) in [5.74, 6) is 0. The Morgan fingerprint density at radius 2 is 2.33 bits per heavy atom. The highest BCUT2D eigenvalue weighted by Crippen LogP contribution is 2.41. The highest BCUT2D eigenvalue weighted by molar-refractivity contribution is 5.20. The Morgan fingerprint density at radius 3 is 3.00 bits per heavy atom. The van der Waals surface area contributed by atoms with Gasteiger partial charge in [-0.2, -0.15) is 0 Å². The van der Waals surface area contributed by atoms with Crippen molar-refractivity contribution in [3.05, 3.63) is 11.6 Å². The van der Waals surface area contributed by atoms with E-state index >= 15 is 0 Å². The van der Waals surface area contributed by atoms with E-state index in [0.717, 1.165) is 6.61 Å². The third-order valence-corrected chi connectivity index (χ3v) is 3.78. The second-order valence-corrected chi connectivity index (χ2v) is 5.23. The van der Waals surface area contributed by atoms with Crippen molar-refractivity contribution >= 4 is 0 Å². The van der Waals surface area contributed by atoms with E-state index in [0.29, 0.717) is 11.6 Å². The second-order valence-electron chi connectivity index (χ2n) is 5.23. The molecule has 0 saturated carbocycles. The van der Waals surface area contributed by atoms with Crippen LogP contribution in [0.15, 0.2) is 11.6 Å². The van der Waals surface area contributed by atoms with Crippen molar-refractivity contribution in [2.24, 2.45) is 0 Å². The Balaban J connectivity index is 2.04. The molecular weight excluding hydrogens is 186 g/mol. The van der Waals surface area contributed by atoms with Crippen LogP contribution in [0.4, 0.5) is 0 Å². The van der Waals surface area contributed by atoms with E-state index in [4.69, 9.17) is 4.74 Å². The Bertz CT molecular complexity index is 259. The van der Waals surface area contributed by atoms with Gasteiger partial charge in [0.25, 0.3) is 0 Å². The Morgan fingerprint density at radius 1 is 1.53 bits per heavy atom. The van der Waals surface area contributed by atoms with Gasteiger partial charge in [0, 0.05) is 12.1 Å². The normalized spacial score (nSPS) is 34.3. The van der Waals surface area contributed by atoms with Gasteiger partial charge < -0.3 is 4.74 Å². The van der Waals surface area contributed by atoms with Gasteiger partial charge in [0.15, 0.2) is 0 Å². The third kappa shape index (κ3) is 2.11. The molecule has 2 aliphatic heterocycles. The molecule has 2 aliphatic rings. The molecule has 0 radical (unpaired) electrons. The maximum Gasteiger partial charge on any atom is 0.0657 e. The highest BCUT2D eigenvalue weighted by atomic mass is 16.5. The summed E-state index contributed by atoms with van der Waals surface area (Å²) in [6.07, 6.45) is 6.54. The minimum absolute atomic E-state index is 0.353. The van der Waals surface area contributed by atoms with Crippen LogP contribution in [0.1, 0.15) is 40.0 Å². The van der Waals surface area contributed by atoms with Gasteiger partial charge in [0.05, 0.1) is 12.7 Å². The smallest absolute Gasteiger partial charge is 0.0657 e. The monoisotopic (exact) mass is 209 g/mol. The summed E-state index contributed by atoms with van der Waals surface area (Å²) < 4.78 is 5.85. The fourth-order valence-electron chi connectivity index (χ4n) is 2.89. The summed E-state index contributed by atoms with van der Waals surface area (Å²) in [6, 6.07) is 0. The molecule has 0 aromatic rings. The number of hydrogen-bond acceptors (Lipinski definition) is 2. The third-order valence-electron chi connectivity index (χ3n) is 3.78. The van der Waals surface area contributed by atoms with Crippen molar-refractivity contribution in [1.29, 1.82) is 0 Å². The predicted molar refractivity (Wildman–Crippen MR) is 63.0 cm³/mol. The maximum absolute atomic E-state index is 5.85. The lowest BCUT2D eigenvalue weighted by Crippen LogP contribution is -2.43. The molecule has 0 aromatic carbocycles. The summed E-state index contributed by atoms with van der Waals surface area (Å²) in [5.41, 5.74) is 1.95. The van der Waals surface area contributed by atoms with E-state index in [2.05, 4.69) is 31.7 Å². The van der Waals surface area contributed by atoms with Crippen LogP contribution in [-0.4, -0.2) is 36.2 Å². The first-order valence-electron chi connectivity index (χ1n) is 6.17. The van der Waals surface area contributed by atoms with E-state index in [1.165, 1.54) is 32.4 Å². The van der Waals surface area contributed by atoms with Crippen LogP contribution in [0.3, 0.4) is 0 Å². The van der Waals surface area contributed by atoms with Crippen molar-refractivity contribution in [3.8, 4) is 0 Å². The predicted octanol–water partition coefficient (Wildman–Crippen LogP) is 2.60. The average molecular weight is 209 g/mol. The number of allylic oxidation sites excluding steroid dienone is 1. The molecule has 2 fully saturated rings. The van der Waals surface area contributed by atoms with Crippen molar-refractivity contribution in [3.63, 3.8) is 0 Å². The molecule has 0 N–H and O–H groups in total. The first-order valence-corrected chi connectivity index (χ1v) is 6.17. The van der Waals surface area contributed by atoms with Crippen LogP contribution in [0.2, 0.25) is 0 Å². The quantitative estimate of drug-likeness (QED) is 0.662. The van der Waals surface area contributed by atoms with E-state index in [1.54, 1.807) is 5.57 Å². The average Bonchev–Trinajstić information content (AvgIpc) is 2.70. The van der Waals surface area contributed by atoms with Crippen LogP contribution >= 0.6 is 0 Å². The Kier molecular flexibility index (Phi) is 3.17. The van der Waals surface area contributed by atoms with E-state index in [1.807, 2.05) is 0 Å². The molecule has 15 heavy (non-hydrogen) atoms. The van der Waals surface area contributed by atoms with E-state index in [9.17, 15) is 0 Å². The summed E-state index contributed by atoms with van der Waals surface area (Å²) >= 11 is 0. The summed E-state index contributed by atoms with van der Waals surface area (Å²) in [7, 11) is 0. The number of fused-ring (bicyclic) bond motifs is 1. The minimum Gasteiger partial charge on any atom is -0.377 e. The molecule has 2 rings (SSSR count). The molecule has 1 atom stereocenters. The molecule has 0 amide bonds. The lowest BCUT2D eigenvalue weighted by Gasteiger charge is -2.32. The van der Waals surface area contributed by atoms with Crippen molar-refractivity contribution < 1.29 is 4.74 Å². The number of ether oxygens (including phenoxy) is 1. The molecular formula is C13H23NO. The van der Waals surface area contributed by atoms with Gasteiger partial charge in [0.2, 0.25) is 0 Å². The fraction of sp³-hybridized carbons (Fsp3) is 0.846. The van der Waals surface area contributed by atoms with Gasteiger partial charge >= 0.3 is 0 Å². The van der Waals surface area contributed by atoms with Crippen LogP contribution in [-0.2, 0) is 4.74 Å². The largest absolute Gasteiger partial charge is 0.377 e. The molecule has 2 heteroatoms. The topological polar surface area (TPSA) is 12.5 Å². The maximum atomic E-state index is 5.85. The molecule has 2 saturated heterocycles. The zero-order valence-corrected chi connectivity index (χ0v) is 10.3. The Labute approximate surface area is 93.3 Å². The summed E-state index contributed by atoms with van der Waals surface area (Å²) in [6.45, 7) is 9.77. The number of rotatable bonds is 3. The molecule has 2 heterocycles. The van der Waals surface area contributed by atoms with Crippen molar-refractivity contribution in [2.75, 3.05) is 19.7 Å². The minimum atomic E-state index is 0.353. The molecule has 0 unspecified atom stereocenters. The van der Waals surface area contributed by atoms with Gasteiger partial charge in [-0.15, -0.1) is 0 Å². The van der Waals surface area contributed by atoms with Crippen molar-refractivity contribution in [1.82, 2.24) is 4.90 Å². The standard InChI is InChI=1S/C13H23NO/c1-4-12-8-13(10-15-11(2)3)6-5-7-14(13)9-12/h4,11H,5-10H2,1-3H3/b12-4-/t13-/m0/s1. The molecule has 0 spiro atoms. The number of nitrogens with zero attached hydrogens (tertiary/aromatic N) is 1. The Hall–Kier alpha value is -0.340. The van der Waals surface area contributed by atoms with Gasteiger partial charge in [-0.25, -0.2) is 0 Å². The first kappa shape index (κ1) is 11.2. The van der Waals surface area contributed by atoms with Gasteiger partial charge in [-0.1, -0.05) is 11.6 Å². The molecule has 0 aliphatic carbocycles. The second kappa shape index (κ2) is 4.26. The first-order chi connectivity index (χ1) is 7.16. The zero-order chi connectivity index (χ0) is 10.9. The van der Waals surface area contributed by atoms with Crippen LogP contribution in [0, 0.1) is 0 Å². The molecule has 86 valence electrons. The zero-order valence-electron chi connectivity index (χ0n) is 10.3. The van der Waals surface area contributed by atoms with Crippen LogP contribution in [0.25, 0.3) is 0 Å². The SMILES string of the molecule is C/C=C1\CN2CCC[C@@]2(COC(C)C)C1. The van der Waals surface area contributed by atoms with Crippen LogP contribution in [0.5, 0.6) is 0 Å². The molecule has 0 bridgehead atoms.